The Hall–Kier alpha value is -1.51. The van der Waals surface area contributed by atoms with Crippen LogP contribution < -0.4 is 15.4 Å². The summed E-state index contributed by atoms with van der Waals surface area (Å²) in [6, 6.07) is 5.58. The summed E-state index contributed by atoms with van der Waals surface area (Å²) in [7, 11) is 1.87. The van der Waals surface area contributed by atoms with E-state index in [1.54, 1.807) is 6.07 Å². The summed E-state index contributed by atoms with van der Waals surface area (Å²) in [5, 5.41) is 5.59. The highest BCUT2D eigenvalue weighted by atomic mass is 79.9. The number of ether oxygens (including phenoxy) is 1. The Labute approximate surface area is 115 Å². The van der Waals surface area contributed by atoms with E-state index in [0.717, 1.165) is 16.6 Å². The summed E-state index contributed by atoms with van der Waals surface area (Å²) in [6.45, 7) is 0.900. The highest BCUT2D eigenvalue weighted by molar-refractivity contribution is 9.10. The van der Waals surface area contributed by atoms with E-state index in [9.17, 15) is 4.79 Å². The molecule has 18 heavy (non-hydrogen) atoms. The summed E-state index contributed by atoms with van der Waals surface area (Å²) < 4.78 is 6.38. The van der Waals surface area contributed by atoms with Gasteiger partial charge in [0.05, 0.1) is 6.54 Å². The third-order valence-corrected chi connectivity index (χ3v) is 2.92. The molecule has 96 valence electrons. The van der Waals surface area contributed by atoms with Crippen LogP contribution in [-0.4, -0.2) is 26.1 Å². The number of carbonyl (C=O) groups excluding carboxylic acids is 1. The smallest absolute Gasteiger partial charge is 0.258 e. The van der Waals surface area contributed by atoms with Gasteiger partial charge < -0.3 is 15.4 Å². The molecule has 0 atom stereocenters. The first-order valence-electron chi connectivity index (χ1n) is 5.43. The molecule has 1 aromatic carbocycles. The molecule has 0 aliphatic rings. The SMILES string of the molecule is C#CCNC(=O)COc1ccc(Br)c(CNC)c1. The number of benzene rings is 1. The van der Waals surface area contributed by atoms with E-state index < -0.39 is 0 Å². The van der Waals surface area contributed by atoms with Gasteiger partial charge in [-0.3, -0.25) is 4.79 Å². The average molecular weight is 311 g/mol. The van der Waals surface area contributed by atoms with Crippen molar-refractivity contribution in [3.05, 3.63) is 28.2 Å². The van der Waals surface area contributed by atoms with Gasteiger partial charge in [-0.15, -0.1) is 6.42 Å². The van der Waals surface area contributed by atoms with E-state index in [2.05, 4.69) is 32.5 Å². The second kappa shape index (κ2) is 7.75. The number of hydrogen-bond donors (Lipinski definition) is 2. The van der Waals surface area contributed by atoms with Gasteiger partial charge in [-0.05, 0) is 30.8 Å². The average Bonchev–Trinajstić information content (AvgIpc) is 2.37. The fourth-order valence-corrected chi connectivity index (χ4v) is 1.70. The largest absolute Gasteiger partial charge is 0.484 e. The van der Waals surface area contributed by atoms with Crippen molar-refractivity contribution in [2.75, 3.05) is 20.2 Å². The fraction of sp³-hybridized carbons (Fsp3) is 0.308. The summed E-state index contributed by atoms with van der Waals surface area (Å²) in [5.74, 6) is 2.75. The van der Waals surface area contributed by atoms with Crippen LogP contribution in [-0.2, 0) is 11.3 Å². The Morgan fingerprint density at radius 3 is 3.00 bits per heavy atom. The van der Waals surface area contributed by atoms with E-state index in [1.165, 1.54) is 0 Å². The van der Waals surface area contributed by atoms with E-state index in [-0.39, 0.29) is 19.1 Å². The molecule has 1 amide bonds. The Morgan fingerprint density at radius 2 is 2.33 bits per heavy atom. The highest BCUT2D eigenvalue weighted by Gasteiger charge is 2.04. The lowest BCUT2D eigenvalue weighted by Crippen LogP contribution is -2.29. The van der Waals surface area contributed by atoms with E-state index in [0.29, 0.717) is 5.75 Å². The molecule has 0 spiro atoms. The maximum Gasteiger partial charge on any atom is 0.258 e. The lowest BCUT2D eigenvalue weighted by molar-refractivity contribution is -0.122. The van der Waals surface area contributed by atoms with Crippen LogP contribution in [0, 0.1) is 12.3 Å². The van der Waals surface area contributed by atoms with Crippen molar-refractivity contribution in [1.82, 2.24) is 10.6 Å². The first-order valence-corrected chi connectivity index (χ1v) is 6.22. The van der Waals surface area contributed by atoms with Gasteiger partial charge in [-0.25, -0.2) is 0 Å². The number of carbonyl (C=O) groups is 1. The molecule has 1 rings (SSSR count). The molecule has 0 radical (unpaired) electrons. The van der Waals surface area contributed by atoms with Crippen molar-refractivity contribution in [3.8, 4) is 18.1 Å². The molecule has 2 N–H and O–H groups in total. The van der Waals surface area contributed by atoms with Gasteiger partial charge in [0.2, 0.25) is 0 Å². The van der Waals surface area contributed by atoms with Crippen LogP contribution in [0.5, 0.6) is 5.75 Å². The molecule has 0 aliphatic carbocycles. The van der Waals surface area contributed by atoms with Gasteiger partial charge in [-0.2, -0.15) is 0 Å². The molecule has 0 bridgehead atoms. The van der Waals surface area contributed by atoms with Crippen LogP contribution in [0.2, 0.25) is 0 Å². The maximum absolute atomic E-state index is 11.3. The molecule has 1 aromatic rings. The summed E-state index contributed by atoms with van der Waals surface area (Å²) in [4.78, 5) is 11.3. The maximum atomic E-state index is 11.3. The molecule has 0 aliphatic heterocycles. The number of rotatable bonds is 6. The van der Waals surface area contributed by atoms with Gasteiger partial charge >= 0.3 is 0 Å². The van der Waals surface area contributed by atoms with Gasteiger partial charge in [0, 0.05) is 11.0 Å². The predicted molar refractivity (Wildman–Crippen MR) is 74.2 cm³/mol. The minimum absolute atomic E-state index is 0.0394. The molecule has 0 unspecified atom stereocenters. The van der Waals surface area contributed by atoms with E-state index >= 15 is 0 Å². The molecule has 0 aromatic heterocycles. The topological polar surface area (TPSA) is 50.4 Å². The number of terminal acetylenes is 1. The lowest BCUT2D eigenvalue weighted by atomic mass is 10.2. The monoisotopic (exact) mass is 310 g/mol. The number of amides is 1. The first-order chi connectivity index (χ1) is 8.67. The van der Waals surface area contributed by atoms with Gasteiger partial charge in [-0.1, -0.05) is 21.9 Å². The molecular weight excluding hydrogens is 296 g/mol. The van der Waals surface area contributed by atoms with Crippen molar-refractivity contribution in [1.29, 1.82) is 0 Å². The Bertz CT molecular complexity index is 455. The van der Waals surface area contributed by atoms with E-state index in [1.807, 2.05) is 19.2 Å². The normalized spacial score (nSPS) is 9.61. The zero-order chi connectivity index (χ0) is 13.4. The predicted octanol–water partition coefficient (Wildman–Crippen LogP) is 1.30. The fourth-order valence-electron chi connectivity index (χ4n) is 1.32. The molecule has 0 saturated carbocycles. The zero-order valence-electron chi connectivity index (χ0n) is 10.1. The van der Waals surface area contributed by atoms with Crippen LogP contribution in [0.4, 0.5) is 0 Å². The first kappa shape index (κ1) is 14.6. The van der Waals surface area contributed by atoms with Crippen molar-refractivity contribution in [2.24, 2.45) is 0 Å². The van der Waals surface area contributed by atoms with Crippen LogP contribution in [0.15, 0.2) is 22.7 Å². The van der Waals surface area contributed by atoms with Gasteiger partial charge in [0.15, 0.2) is 6.61 Å². The molecule has 0 heterocycles. The Balaban J connectivity index is 2.55. The summed E-state index contributed by atoms with van der Waals surface area (Å²) >= 11 is 3.45. The number of halogens is 1. The van der Waals surface area contributed by atoms with Crippen molar-refractivity contribution in [3.63, 3.8) is 0 Å². The molecule has 4 nitrogen and oxygen atoms in total. The van der Waals surface area contributed by atoms with E-state index in [4.69, 9.17) is 11.2 Å². The molecule has 0 fully saturated rings. The highest BCUT2D eigenvalue weighted by Crippen LogP contribution is 2.22. The standard InChI is InChI=1S/C13H15BrN2O2/c1-3-6-16-13(17)9-18-11-4-5-12(14)10(7-11)8-15-2/h1,4-5,7,15H,6,8-9H2,2H3,(H,16,17). The summed E-state index contributed by atoms with van der Waals surface area (Å²) in [5.41, 5.74) is 1.07. The Morgan fingerprint density at radius 1 is 1.56 bits per heavy atom. The summed E-state index contributed by atoms with van der Waals surface area (Å²) in [6.07, 6.45) is 5.04. The number of hydrogen-bond acceptors (Lipinski definition) is 3. The van der Waals surface area contributed by atoms with Crippen molar-refractivity contribution < 1.29 is 9.53 Å². The third-order valence-electron chi connectivity index (χ3n) is 2.14. The molecule has 5 heteroatoms. The second-order valence-corrected chi connectivity index (χ2v) is 4.41. The number of nitrogens with one attached hydrogen (secondary N) is 2. The third kappa shape index (κ3) is 4.78. The van der Waals surface area contributed by atoms with Gasteiger partial charge in [0.1, 0.15) is 5.75 Å². The van der Waals surface area contributed by atoms with Crippen LogP contribution >= 0.6 is 15.9 Å². The molecular formula is C13H15BrN2O2. The minimum atomic E-state index is -0.231. The second-order valence-electron chi connectivity index (χ2n) is 3.55. The quantitative estimate of drug-likeness (QED) is 0.779. The lowest BCUT2D eigenvalue weighted by Gasteiger charge is -2.09. The van der Waals surface area contributed by atoms with Crippen LogP contribution in [0.3, 0.4) is 0 Å². The van der Waals surface area contributed by atoms with Crippen LogP contribution in [0.1, 0.15) is 5.56 Å². The zero-order valence-corrected chi connectivity index (χ0v) is 11.7. The Kier molecular flexibility index (Phi) is 6.26. The van der Waals surface area contributed by atoms with Crippen molar-refractivity contribution >= 4 is 21.8 Å². The molecule has 0 saturated heterocycles. The van der Waals surface area contributed by atoms with Crippen LogP contribution in [0.25, 0.3) is 0 Å². The van der Waals surface area contributed by atoms with Gasteiger partial charge in [0.25, 0.3) is 5.91 Å². The van der Waals surface area contributed by atoms with Crippen molar-refractivity contribution in [2.45, 2.75) is 6.54 Å². The minimum Gasteiger partial charge on any atom is -0.484 e.